The largest absolute Gasteiger partial charge is 0.497 e. The molecular formula is C13H20N2O2. The molecule has 1 aromatic rings. The Kier molecular flexibility index (Phi) is 3.43. The van der Waals surface area contributed by atoms with Crippen molar-refractivity contribution in [1.82, 2.24) is 0 Å². The lowest BCUT2D eigenvalue weighted by Gasteiger charge is -2.37. The predicted molar refractivity (Wildman–Crippen MR) is 69.6 cm³/mol. The van der Waals surface area contributed by atoms with Crippen molar-refractivity contribution >= 4 is 11.4 Å². The molecule has 0 saturated carbocycles. The minimum atomic E-state index is 0.242. The summed E-state index contributed by atoms with van der Waals surface area (Å²) in [5.74, 6) is 0.798. The van der Waals surface area contributed by atoms with Crippen molar-refractivity contribution in [3.63, 3.8) is 0 Å². The first-order chi connectivity index (χ1) is 8.08. The summed E-state index contributed by atoms with van der Waals surface area (Å²) in [4.78, 5) is 2.29. The molecule has 17 heavy (non-hydrogen) atoms. The van der Waals surface area contributed by atoms with Gasteiger partial charge in [-0.25, -0.2) is 0 Å². The predicted octanol–water partition coefficient (Wildman–Crippen LogP) is 1.89. The summed E-state index contributed by atoms with van der Waals surface area (Å²) in [7, 11) is 1.66. The molecule has 1 heterocycles. The zero-order valence-electron chi connectivity index (χ0n) is 10.6. The first-order valence-corrected chi connectivity index (χ1v) is 5.93. The molecule has 0 amide bonds. The molecule has 0 radical (unpaired) electrons. The molecule has 1 saturated heterocycles. The molecule has 4 heteroatoms. The summed E-state index contributed by atoms with van der Waals surface area (Å²) >= 11 is 0. The molecule has 2 atom stereocenters. The average Bonchev–Trinajstić information content (AvgIpc) is 2.26. The van der Waals surface area contributed by atoms with Gasteiger partial charge in [0.2, 0.25) is 0 Å². The van der Waals surface area contributed by atoms with E-state index in [0.29, 0.717) is 0 Å². The van der Waals surface area contributed by atoms with E-state index in [1.54, 1.807) is 7.11 Å². The molecule has 0 spiro atoms. The number of anilines is 2. The number of benzene rings is 1. The van der Waals surface area contributed by atoms with E-state index in [-0.39, 0.29) is 12.2 Å². The highest BCUT2D eigenvalue weighted by atomic mass is 16.5. The number of rotatable bonds is 2. The fourth-order valence-electron chi connectivity index (χ4n) is 2.29. The second-order valence-corrected chi connectivity index (χ2v) is 4.63. The van der Waals surface area contributed by atoms with Gasteiger partial charge in [0.1, 0.15) is 5.75 Å². The van der Waals surface area contributed by atoms with E-state index in [4.69, 9.17) is 15.2 Å². The molecule has 94 valence electrons. The van der Waals surface area contributed by atoms with Gasteiger partial charge in [0.05, 0.1) is 19.3 Å². The summed E-state index contributed by atoms with van der Waals surface area (Å²) in [6.45, 7) is 5.95. The Morgan fingerprint density at radius 1 is 1.24 bits per heavy atom. The van der Waals surface area contributed by atoms with Crippen LogP contribution in [-0.2, 0) is 4.74 Å². The van der Waals surface area contributed by atoms with Gasteiger partial charge in [0.15, 0.2) is 0 Å². The second kappa shape index (κ2) is 4.84. The van der Waals surface area contributed by atoms with Crippen LogP contribution in [0.15, 0.2) is 18.2 Å². The van der Waals surface area contributed by atoms with E-state index in [1.165, 1.54) is 0 Å². The van der Waals surface area contributed by atoms with Crippen LogP contribution >= 0.6 is 0 Å². The number of hydrogen-bond acceptors (Lipinski definition) is 4. The molecule has 1 aliphatic rings. The molecule has 0 aliphatic carbocycles. The zero-order valence-corrected chi connectivity index (χ0v) is 10.6. The highest BCUT2D eigenvalue weighted by Crippen LogP contribution is 2.27. The summed E-state index contributed by atoms with van der Waals surface area (Å²) < 4.78 is 11.0. The average molecular weight is 236 g/mol. The van der Waals surface area contributed by atoms with Crippen molar-refractivity contribution in [1.29, 1.82) is 0 Å². The van der Waals surface area contributed by atoms with Gasteiger partial charge in [-0.1, -0.05) is 0 Å². The Hall–Kier alpha value is -1.42. The van der Waals surface area contributed by atoms with Crippen LogP contribution in [0.4, 0.5) is 11.4 Å². The molecule has 1 fully saturated rings. The van der Waals surface area contributed by atoms with Crippen LogP contribution in [0, 0.1) is 0 Å². The Bertz CT molecular complexity index is 385. The van der Waals surface area contributed by atoms with Gasteiger partial charge >= 0.3 is 0 Å². The smallest absolute Gasteiger partial charge is 0.122 e. The summed E-state index contributed by atoms with van der Waals surface area (Å²) in [6, 6.07) is 5.82. The van der Waals surface area contributed by atoms with E-state index >= 15 is 0 Å². The molecule has 0 unspecified atom stereocenters. The lowest BCUT2D eigenvalue weighted by molar-refractivity contribution is -0.00522. The first kappa shape index (κ1) is 12.0. The minimum Gasteiger partial charge on any atom is -0.497 e. The van der Waals surface area contributed by atoms with Crippen molar-refractivity contribution in [3.8, 4) is 5.75 Å². The molecule has 0 aromatic heterocycles. The van der Waals surface area contributed by atoms with Crippen LogP contribution in [0.25, 0.3) is 0 Å². The molecule has 2 rings (SSSR count). The molecule has 1 aromatic carbocycles. The third-order valence-electron chi connectivity index (χ3n) is 2.93. The van der Waals surface area contributed by atoms with E-state index < -0.39 is 0 Å². The second-order valence-electron chi connectivity index (χ2n) is 4.63. The molecule has 2 N–H and O–H groups in total. The fraction of sp³-hybridized carbons (Fsp3) is 0.538. The van der Waals surface area contributed by atoms with Gasteiger partial charge < -0.3 is 20.1 Å². The maximum atomic E-state index is 5.87. The normalized spacial score (nSPS) is 24.8. The Morgan fingerprint density at radius 2 is 1.88 bits per heavy atom. The number of nitrogens with two attached hydrogens (primary N) is 1. The van der Waals surface area contributed by atoms with Crippen molar-refractivity contribution in [3.05, 3.63) is 18.2 Å². The zero-order chi connectivity index (χ0) is 12.4. The van der Waals surface area contributed by atoms with E-state index in [2.05, 4.69) is 18.7 Å². The third kappa shape index (κ3) is 2.82. The number of nitrogen functional groups attached to an aromatic ring is 1. The SMILES string of the molecule is COc1cc(N)cc(N2C[C@@H](C)O[C@@H](C)C2)c1. The number of nitrogens with zero attached hydrogens (tertiary/aromatic N) is 1. The van der Waals surface area contributed by atoms with Crippen molar-refractivity contribution in [2.24, 2.45) is 0 Å². The van der Waals surface area contributed by atoms with Crippen LogP contribution in [0.2, 0.25) is 0 Å². The molecule has 1 aliphatic heterocycles. The van der Waals surface area contributed by atoms with Crippen LogP contribution in [-0.4, -0.2) is 32.4 Å². The van der Waals surface area contributed by atoms with Crippen molar-refractivity contribution < 1.29 is 9.47 Å². The maximum Gasteiger partial charge on any atom is 0.122 e. The summed E-state index contributed by atoms with van der Waals surface area (Å²) in [5, 5.41) is 0. The molecule has 4 nitrogen and oxygen atoms in total. The summed E-state index contributed by atoms with van der Waals surface area (Å²) in [6.07, 6.45) is 0.484. The first-order valence-electron chi connectivity index (χ1n) is 5.93. The van der Waals surface area contributed by atoms with Gasteiger partial charge in [-0.15, -0.1) is 0 Å². The number of morpholine rings is 1. The fourth-order valence-corrected chi connectivity index (χ4v) is 2.29. The monoisotopic (exact) mass is 236 g/mol. The highest BCUT2D eigenvalue weighted by molar-refractivity contribution is 5.60. The Balaban J connectivity index is 2.23. The lowest BCUT2D eigenvalue weighted by atomic mass is 10.2. The van der Waals surface area contributed by atoms with Crippen molar-refractivity contribution in [2.45, 2.75) is 26.1 Å². The van der Waals surface area contributed by atoms with Gasteiger partial charge in [-0.3, -0.25) is 0 Å². The summed E-state index contributed by atoms with van der Waals surface area (Å²) in [5.41, 5.74) is 7.70. The van der Waals surface area contributed by atoms with E-state index in [0.717, 1.165) is 30.2 Å². The van der Waals surface area contributed by atoms with Crippen LogP contribution in [0.5, 0.6) is 5.75 Å². The number of ether oxygens (including phenoxy) is 2. The number of hydrogen-bond donors (Lipinski definition) is 1. The van der Waals surface area contributed by atoms with E-state index in [1.807, 2.05) is 18.2 Å². The standard InChI is InChI=1S/C13H20N2O2/c1-9-7-15(8-10(2)17-9)12-4-11(14)5-13(6-12)16-3/h4-6,9-10H,7-8,14H2,1-3H3/t9-,10+. The number of methoxy groups -OCH3 is 1. The third-order valence-corrected chi connectivity index (χ3v) is 2.93. The Labute approximate surface area is 102 Å². The van der Waals surface area contributed by atoms with Gasteiger partial charge in [0.25, 0.3) is 0 Å². The van der Waals surface area contributed by atoms with Crippen LogP contribution in [0.3, 0.4) is 0 Å². The Morgan fingerprint density at radius 3 is 2.47 bits per heavy atom. The van der Waals surface area contributed by atoms with Gasteiger partial charge in [0, 0.05) is 36.6 Å². The van der Waals surface area contributed by atoms with Crippen LogP contribution in [0.1, 0.15) is 13.8 Å². The topological polar surface area (TPSA) is 47.7 Å². The van der Waals surface area contributed by atoms with Crippen molar-refractivity contribution in [2.75, 3.05) is 30.8 Å². The van der Waals surface area contributed by atoms with Crippen LogP contribution < -0.4 is 15.4 Å². The quantitative estimate of drug-likeness (QED) is 0.797. The highest BCUT2D eigenvalue weighted by Gasteiger charge is 2.22. The van der Waals surface area contributed by atoms with E-state index in [9.17, 15) is 0 Å². The maximum absolute atomic E-state index is 5.87. The van der Waals surface area contributed by atoms with Gasteiger partial charge in [-0.05, 0) is 19.9 Å². The minimum absolute atomic E-state index is 0.242. The van der Waals surface area contributed by atoms with Gasteiger partial charge in [-0.2, -0.15) is 0 Å². The molecule has 0 bridgehead atoms. The molecular weight excluding hydrogens is 216 g/mol. The lowest BCUT2D eigenvalue weighted by Crippen LogP contribution is -2.45.